The molecule has 1 atom stereocenters. The van der Waals surface area contributed by atoms with Crippen LogP contribution in [0.3, 0.4) is 0 Å². The number of hydrogen-bond donors (Lipinski definition) is 1. The highest BCUT2D eigenvalue weighted by molar-refractivity contribution is 8.00. The Morgan fingerprint density at radius 1 is 1.31 bits per heavy atom. The molecule has 1 aromatic carbocycles. The number of nitrogens with zero attached hydrogens (tertiary/aromatic N) is 2. The maximum Gasteiger partial charge on any atom is 0.416 e. The maximum absolute atomic E-state index is 12.8. The summed E-state index contributed by atoms with van der Waals surface area (Å²) in [6.07, 6.45) is -4.49. The van der Waals surface area contributed by atoms with Gasteiger partial charge in [0.15, 0.2) is 5.16 Å². The Balaban J connectivity index is 1.82. The van der Waals surface area contributed by atoms with Gasteiger partial charge in [-0.1, -0.05) is 17.8 Å². The van der Waals surface area contributed by atoms with Gasteiger partial charge in [-0.3, -0.25) is 14.2 Å². The van der Waals surface area contributed by atoms with Crippen LogP contribution in [-0.2, 0) is 18.0 Å². The third-order valence-corrected chi connectivity index (χ3v) is 6.72. The number of nitrogens with one attached hydrogen (secondary N) is 1. The number of thioether (sulfide) groups is 1. The van der Waals surface area contributed by atoms with E-state index in [0.29, 0.717) is 15.4 Å². The Morgan fingerprint density at radius 3 is 2.66 bits per heavy atom. The Bertz CT molecular complexity index is 1150. The zero-order chi connectivity index (χ0) is 21.5. The second kappa shape index (κ2) is 7.83. The Hall–Kier alpha value is -2.33. The Labute approximate surface area is 173 Å². The molecule has 1 unspecified atom stereocenters. The molecule has 0 bridgehead atoms. The summed E-state index contributed by atoms with van der Waals surface area (Å²) < 4.78 is 39.9. The average Bonchev–Trinajstić information content (AvgIpc) is 2.92. The summed E-state index contributed by atoms with van der Waals surface area (Å²) in [6, 6.07) is 4.44. The van der Waals surface area contributed by atoms with Crippen LogP contribution in [-0.4, -0.2) is 20.7 Å². The molecule has 0 saturated carbocycles. The SMILES string of the molecule is Cc1sc2nc(SC(C)C(=O)Nc3cccc(C(F)(F)F)c3)n(C)c(=O)c2c1C. The van der Waals surface area contributed by atoms with Crippen molar-refractivity contribution >= 4 is 44.9 Å². The number of hydrogen-bond acceptors (Lipinski definition) is 5. The number of aryl methyl sites for hydroxylation is 2. The Kier molecular flexibility index (Phi) is 5.77. The predicted molar refractivity (Wildman–Crippen MR) is 110 cm³/mol. The lowest BCUT2D eigenvalue weighted by atomic mass is 10.2. The van der Waals surface area contributed by atoms with Crippen molar-refractivity contribution in [3.8, 4) is 0 Å². The van der Waals surface area contributed by atoms with Crippen LogP contribution in [0.1, 0.15) is 22.9 Å². The summed E-state index contributed by atoms with van der Waals surface area (Å²) in [5.41, 5.74) is -0.0811. The van der Waals surface area contributed by atoms with E-state index in [4.69, 9.17) is 0 Å². The predicted octanol–water partition coefficient (Wildman–Crippen LogP) is 4.75. The molecule has 0 radical (unpaired) electrons. The van der Waals surface area contributed by atoms with Crippen molar-refractivity contribution in [2.24, 2.45) is 7.05 Å². The lowest BCUT2D eigenvalue weighted by Gasteiger charge is -2.14. The van der Waals surface area contributed by atoms with E-state index in [1.54, 1.807) is 14.0 Å². The maximum atomic E-state index is 12.8. The van der Waals surface area contributed by atoms with Crippen LogP contribution < -0.4 is 10.9 Å². The van der Waals surface area contributed by atoms with Crippen LogP contribution in [0.5, 0.6) is 0 Å². The first-order valence-corrected chi connectivity index (χ1v) is 10.3. The zero-order valence-electron chi connectivity index (χ0n) is 16.0. The fraction of sp³-hybridized carbons (Fsp3) is 0.316. The van der Waals surface area contributed by atoms with Gasteiger partial charge in [0.25, 0.3) is 5.56 Å². The van der Waals surface area contributed by atoms with Gasteiger partial charge in [0.2, 0.25) is 5.91 Å². The van der Waals surface area contributed by atoms with Crippen molar-refractivity contribution in [3.63, 3.8) is 0 Å². The minimum Gasteiger partial charge on any atom is -0.325 e. The average molecular weight is 442 g/mol. The molecule has 5 nitrogen and oxygen atoms in total. The van der Waals surface area contributed by atoms with Gasteiger partial charge in [-0.2, -0.15) is 13.2 Å². The van der Waals surface area contributed by atoms with Gasteiger partial charge < -0.3 is 5.32 Å². The second-order valence-electron chi connectivity index (χ2n) is 6.55. The van der Waals surface area contributed by atoms with E-state index in [9.17, 15) is 22.8 Å². The number of anilines is 1. The number of alkyl halides is 3. The molecule has 3 rings (SSSR count). The topological polar surface area (TPSA) is 64.0 Å². The standard InChI is InChI=1S/C19H18F3N3O2S2/c1-9-10(2)28-16-14(9)17(27)25(4)18(24-16)29-11(3)15(26)23-13-7-5-6-12(8-13)19(20,21)22/h5-8,11H,1-4H3,(H,23,26). The van der Waals surface area contributed by atoms with Gasteiger partial charge in [-0.15, -0.1) is 11.3 Å². The fourth-order valence-corrected chi connectivity index (χ4v) is 4.64. The molecule has 29 heavy (non-hydrogen) atoms. The number of carbonyl (C=O) groups is 1. The molecule has 0 spiro atoms. The van der Waals surface area contributed by atoms with Gasteiger partial charge in [-0.25, -0.2) is 4.98 Å². The third kappa shape index (κ3) is 4.32. The summed E-state index contributed by atoms with van der Waals surface area (Å²) in [5, 5.41) is 2.75. The molecule has 1 N–H and O–H groups in total. The fourth-order valence-electron chi connectivity index (χ4n) is 2.69. The van der Waals surface area contributed by atoms with Gasteiger partial charge in [-0.05, 0) is 44.5 Å². The first-order valence-electron chi connectivity index (χ1n) is 8.60. The molecule has 0 aliphatic carbocycles. The molecule has 0 saturated heterocycles. The number of aromatic nitrogens is 2. The summed E-state index contributed by atoms with van der Waals surface area (Å²) in [5.74, 6) is -0.484. The van der Waals surface area contributed by atoms with E-state index in [1.807, 2.05) is 13.8 Å². The number of carbonyl (C=O) groups excluding carboxylic acids is 1. The minimum absolute atomic E-state index is 0.0547. The van der Waals surface area contributed by atoms with E-state index < -0.39 is 22.9 Å². The van der Waals surface area contributed by atoms with Gasteiger partial charge in [0.1, 0.15) is 4.83 Å². The molecule has 2 heterocycles. The van der Waals surface area contributed by atoms with Crippen molar-refractivity contribution in [1.82, 2.24) is 9.55 Å². The quantitative estimate of drug-likeness (QED) is 0.469. The molecule has 10 heteroatoms. The first-order chi connectivity index (χ1) is 13.5. The van der Waals surface area contributed by atoms with Crippen molar-refractivity contribution in [2.75, 3.05) is 5.32 Å². The largest absolute Gasteiger partial charge is 0.416 e. The van der Waals surface area contributed by atoms with Gasteiger partial charge in [0.05, 0.1) is 16.2 Å². The normalized spacial score (nSPS) is 12.9. The molecule has 2 aromatic heterocycles. The zero-order valence-corrected chi connectivity index (χ0v) is 17.7. The molecule has 0 aliphatic rings. The number of amides is 1. The van der Waals surface area contributed by atoms with Crippen LogP contribution in [0.4, 0.5) is 18.9 Å². The number of benzene rings is 1. The van der Waals surface area contributed by atoms with Crippen molar-refractivity contribution in [1.29, 1.82) is 0 Å². The van der Waals surface area contributed by atoms with Crippen LogP contribution in [0.15, 0.2) is 34.2 Å². The van der Waals surface area contributed by atoms with Gasteiger partial charge in [0, 0.05) is 17.6 Å². The van der Waals surface area contributed by atoms with Crippen LogP contribution in [0, 0.1) is 13.8 Å². The lowest BCUT2D eigenvalue weighted by molar-refractivity contribution is -0.137. The van der Waals surface area contributed by atoms with Crippen LogP contribution in [0.2, 0.25) is 0 Å². The van der Waals surface area contributed by atoms with E-state index in [2.05, 4.69) is 10.3 Å². The molecule has 154 valence electrons. The highest BCUT2D eigenvalue weighted by atomic mass is 32.2. The molecule has 0 fully saturated rings. The van der Waals surface area contributed by atoms with E-state index >= 15 is 0 Å². The smallest absolute Gasteiger partial charge is 0.325 e. The Morgan fingerprint density at radius 2 is 2.00 bits per heavy atom. The highest BCUT2D eigenvalue weighted by Gasteiger charge is 2.30. The summed E-state index contributed by atoms with van der Waals surface area (Å²) >= 11 is 2.49. The van der Waals surface area contributed by atoms with Crippen molar-refractivity contribution < 1.29 is 18.0 Å². The van der Waals surface area contributed by atoms with E-state index in [0.717, 1.165) is 34.3 Å². The number of thiophene rings is 1. The second-order valence-corrected chi connectivity index (χ2v) is 9.06. The first kappa shape index (κ1) is 21.4. The van der Waals surface area contributed by atoms with E-state index in [-0.39, 0.29) is 11.2 Å². The molecule has 0 aliphatic heterocycles. The van der Waals surface area contributed by atoms with Gasteiger partial charge >= 0.3 is 6.18 Å². The lowest BCUT2D eigenvalue weighted by Crippen LogP contribution is -2.25. The van der Waals surface area contributed by atoms with Crippen molar-refractivity contribution in [2.45, 2.75) is 37.4 Å². The summed E-state index contributed by atoms with van der Waals surface area (Å²) in [7, 11) is 1.58. The monoisotopic (exact) mass is 441 g/mol. The molecule has 3 aromatic rings. The van der Waals surface area contributed by atoms with Crippen LogP contribution >= 0.6 is 23.1 Å². The summed E-state index contributed by atoms with van der Waals surface area (Å²) in [4.78, 5) is 31.3. The molecular weight excluding hydrogens is 423 g/mol. The molecule has 1 amide bonds. The van der Waals surface area contributed by atoms with E-state index in [1.165, 1.54) is 28.0 Å². The summed E-state index contributed by atoms with van der Waals surface area (Å²) in [6.45, 7) is 5.39. The number of fused-ring (bicyclic) bond motifs is 1. The van der Waals surface area contributed by atoms with Crippen LogP contribution in [0.25, 0.3) is 10.2 Å². The highest BCUT2D eigenvalue weighted by Crippen LogP contribution is 2.32. The number of halogens is 3. The molecular formula is C19H18F3N3O2S2. The minimum atomic E-state index is -4.49. The number of rotatable bonds is 4. The third-order valence-electron chi connectivity index (χ3n) is 4.48. The van der Waals surface area contributed by atoms with Crippen molar-refractivity contribution in [3.05, 3.63) is 50.6 Å².